The van der Waals surface area contributed by atoms with Crippen LogP contribution in [0.2, 0.25) is 0 Å². The highest BCUT2D eigenvalue weighted by atomic mass is 32.2. The first-order valence-corrected chi connectivity index (χ1v) is 9.09. The number of aromatic nitrogens is 2. The van der Waals surface area contributed by atoms with Crippen LogP contribution in [0.4, 0.5) is 5.69 Å². The first kappa shape index (κ1) is 16.8. The van der Waals surface area contributed by atoms with E-state index in [1.54, 1.807) is 22.4 Å². The van der Waals surface area contributed by atoms with E-state index in [1.807, 2.05) is 39.0 Å². The zero-order chi connectivity index (χ0) is 17.3. The van der Waals surface area contributed by atoms with Gasteiger partial charge in [0.25, 0.3) is 5.56 Å². The van der Waals surface area contributed by atoms with E-state index in [9.17, 15) is 9.59 Å². The lowest BCUT2D eigenvalue weighted by Gasteiger charge is -2.15. The van der Waals surface area contributed by atoms with Crippen LogP contribution >= 0.6 is 11.8 Å². The van der Waals surface area contributed by atoms with Crippen LogP contribution < -0.4 is 10.9 Å². The number of para-hydroxylation sites is 1. The quantitative estimate of drug-likeness (QED) is 0.867. The molecule has 1 aromatic carbocycles. The molecule has 2 aromatic rings. The molecule has 0 saturated carbocycles. The number of nitrogens with zero attached hydrogens (tertiary/aromatic N) is 2. The molecule has 5 nitrogen and oxygen atoms in total. The lowest BCUT2D eigenvalue weighted by atomic mass is 10.1. The predicted octanol–water partition coefficient (Wildman–Crippen LogP) is 3.10. The van der Waals surface area contributed by atoms with E-state index in [4.69, 9.17) is 0 Å². The molecule has 0 aliphatic carbocycles. The Kier molecular flexibility index (Phi) is 4.76. The molecule has 1 aliphatic rings. The molecule has 0 bridgehead atoms. The van der Waals surface area contributed by atoms with Crippen molar-refractivity contribution in [3.8, 4) is 0 Å². The molecule has 0 saturated heterocycles. The minimum absolute atomic E-state index is 0.0632. The van der Waals surface area contributed by atoms with Crippen LogP contribution in [0.1, 0.15) is 36.2 Å². The van der Waals surface area contributed by atoms with E-state index in [2.05, 4.69) is 10.3 Å². The van der Waals surface area contributed by atoms with Gasteiger partial charge in [0.15, 0.2) is 5.16 Å². The number of carbonyl (C=O) groups excluding carboxylic acids is 1. The molecule has 0 fully saturated rings. The molecule has 1 atom stereocenters. The summed E-state index contributed by atoms with van der Waals surface area (Å²) in [5.41, 5.74) is 3.68. The maximum atomic E-state index is 12.5. The summed E-state index contributed by atoms with van der Waals surface area (Å²) in [5.74, 6) is 0.632. The lowest BCUT2D eigenvalue weighted by molar-refractivity contribution is -0.116. The Morgan fingerprint density at radius 1 is 1.38 bits per heavy atom. The Hall–Kier alpha value is -2.08. The normalized spacial score (nSPS) is 16.0. The van der Waals surface area contributed by atoms with Gasteiger partial charge in [-0.1, -0.05) is 36.9 Å². The van der Waals surface area contributed by atoms with Crippen molar-refractivity contribution in [3.05, 3.63) is 51.4 Å². The van der Waals surface area contributed by atoms with Gasteiger partial charge in [-0.3, -0.25) is 14.2 Å². The van der Waals surface area contributed by atoms with E-state index in [0.717, 1.165) is 34.1 Å². The highest BCUT2D eigenvalue weighted by Crippen LogP contribution is 2.32. The zero-order valence-corrected chi connectivity index (χ0v) is 14.9. The fourth-order valence-electron chi connectivity index (χ4n) is 2.95. The summed E-state index contributed by atoms with van der Waals surface area (Å²) in [6.45, 7) is 5.93. The van der Waals surface area contributed by atoms with E-state index in [0.29, 0.717) is 5.75 Å². The van der Waals surface area contributed by atoms with Crippen LogP contribution in [-0.4, -0.2) is 21.2 Å². The van der Waals surface area contributed by atoms with E-state index in [-0.39, 0.29) is 23.9 Å². The minimum atomic E-state index is -0.139. The zero-order valence-electron chi connectivity index (χ0n) is 14.1. The lowest BCUT2D eigenvalue weighted by Crippen LogP contribution is -2.28. The average molecular weight is 343 g/mol. The summed E-state index contributed by atoms with van der Waals surface area (Å²) >= 11 is 1.55. The van der Waals surface area contributed by atoms with Crippen LogP contribution in [0.25, 0.3) is 0 Å². The highest BCUT2D eigenvalue weighted by Gasteiger charge is 2.27. The van der Waals surface area contributed by atoms with Crippen LogP contribution in [0, 0.1) is 13.8 Å². The molecule has 6 heteroatoms. The Bertz CT molecular complexity index is 824. The molecule has 0 spiro atoms. The number of benzene rings is 1. The summed E-state index contributed by atoms with van der Waals surface area (Å²) in [6.07, 6.45) is 1.02. The highest BCUT2D eigenvalue weighted by molar-refractivity contribution is 7.99. The summed E-state index contributed by atoms with van der Waals surface area (Å²) in [4.78, 5) is 29.3. The fourth-order valence-corrected chi connectivity index (χ4v) is 4.11. The molecular weight excluding hydrogens is 322 g/mol. The van der Waals surface area contributed by atoms with Gasteiger partial charge >= 0.3 is 0 Å². The third-order valence-electron chi connectivity index (χ3n) is 4.27. The summed E-state index contributed by atoms with van der Waals surface area (Å²) in [6, 6.07) is 7.36. The number of thioether (sulfide) groups is 1. The number of hydrogen-bond donors (Lipinski definition) is 1. The van der Waals surface area contributed by atoms with Crippen molar-refractivity contribution >= 4 is 23.4 Å². The van der Waals surface area contributed by atoms with Gasteiger partial charge in [0, 0.05) is 29.6 Å². The van der Waals surface area contributed by atoms with E-state index >= 15 is 0 Å². The summed E-state index contributed by atoms with van der Waals surface area (Å²) in [7, 11) is 0. The Balaban J connectivity index is 1.77. The smallest absolute Gasteiger partial charge is 0.254 e. The van der Waals surface area contributed by atoms with E-state index < -0.39 is 0 Å². The SMILES string of the molecule is CCc1cc(=O)n2c(n1)SCC2CC(=O)Nc1c(C)cccc1C. The molecule has 24 heavy (non-hydrogen) atoms. The molecule has 1 amide bonds. The molecular formula is C18H21N3O2S. The van der Waals surface area contributed by atoms with Crippen LogP contribution in [-0.2, 0) is 11.2 Å². The number of hydrogen-bond acceptors (Lipinski definition) is 4. The topological polar surface area (TPSA) is 64.0 Å². The third-order valence-corrected chi connectivity index (χ3v) is 5.37. The van der Waals surface area contributed by atoms with Crippen molar-refractivity contribution in [1.29, 1.82) is 0 Å². The van der Waals surface area contributed by atoms with Gasteiger partial charge in [-0.15, -0.1) is 0 Å². The van der Waals surface area contributed by atoms with Crippen molar-refractivity contribution in [3.63, 3.8) is 0 Å². The van der Waals surface area contributed by atoms with Gasteiger partial charge in [0.05, 0.1) is 6.04 Å². The first-order chi connectivity index (χ1) is 11.5. The van der Waals surface area contributed by atoms with Crippen molar-refractivity contribution < 1.29 is 4.79 Å². The van der Waals surface area contributed by atoms with Gasteiger partial charge < -0.3 is 5.32 Å². The Labute approximate surface area is 145 Å². The number of anilines is 1. The number of carbonyl (C=O) groups is 1. The van der Waals surface area contributed by atoms with E-state index in [1.165, 1.54) is 0 Å². The monoisotopic (exact) mass is 343 g/mol. The second-order valence-corrected chi connectivity index (χ2v) is 7.06. The number of nitrogens with one attached hydrogen (secondary N) is 1. The molecule has 0 radical (unpaired) electrons. The van der Waals surface area contributed by atoms with Crippen LogP contribution in [0.5, 0.6) is 0 Å². The molecule has 1 unspecified atom stereocenters. The Morgan fingerprint density at radius 2 is 2.08 bits per heavy atom. The van der Waals surface area contributed by atoms with Gasteiger partial charge in [0.1, 0.15) is 0 Å². The number of amides is 1. The molecule has 1 N–H and O–H groups in total. The van der Waals surface area contributed by atoms with Gasteiger partial charge in [0.2, 0.25) is 5.91 Å². The maximum absolute atomic E-state index is 12.5. The van der Waals surface area contributed by atoms with Crippen LogP contribution in [0.3, 0.4) is 0 Å². The van der Waals surface area contributed by atoms with Crippen LogP contribution in [0.15, 0.2) is 34.2 Å². The standard InChI is InChI=1S/C18H21N3O2S/c1-4-13-8-16(23)21-14(10-24-18(21)19-13)9-15(22)20-17-11(2)6-5-7-12(17)3/h5-8,14H,4,9-10H2,1-3H3,(H,20,22). The molecule has 3 rings (SSSR count). The summed E-state index contributed by atoms with van der Waals surface area (Å²) < 4.78 is 1.66. The van der Waals surface area contributed by atoms with Gasteiger partial charge in [-0.2, -0.15) is 0 Å². The second kappa shape index (κ2) is 6.81. The van der Waals surface area contributed by atoms with Crippen molar-refractivity contribution in [2.75, 3.05) is 11.1 Å². The fraction of sp³-hybridized carbons (Fsp3) is 0.389. The molecule has 1 aromatic heterocycles. The second-order valence-electron chi connectivity index (χ2n) is 6.08. The molecule has 1 aliphatic heterocycles. The van der Waals surface area contributed by atoms with Crippen molar-refractivity contribution in [2.24, 2.45) is 0 Å². The first-order valence-electron chi connectivity index (χ1n) is 8.11. The van der Waals surface area contributed by atoms with Crippen molar-refractivity contribution in [2.45, 2.75) is 44.8 Å². The largest absolute Gasteiger partial charge is 0.326 e. The maximum Gasteiger partial charge on any atom is 0.254 e. The number of aryl methyl sites for hydroxylation is 3. The molecule has 126 valence electrons. The third kappa shape index (κ3) is 3.24. The molecule has 2 heterocycles. The number of fused-ring (bicyclic) bond motifs is 1. The average Bonchev–Trinajstić information content (AvgIpc) is 2.94. The Morgan fingerprint density at radius 3 is 2.75 bits per heavy atom. The predicted molar refractivity (Wildman–Crippen MR) is 96.8 cm³/mol. The number of rotatable bonds is 4. The van der Waals surface area contributed by atoms with Gasteiger partial charge in [-0.25, -0.2) is 4.98 Å². The van der Waals surface area contributed by atoms with Gasteiger partial charge in [-0.05, 0) is 31.4 Å². The minimum Gasteiger partial charge on any atom is -0.326 e. The summed E-state index contributed by atoms with van der Waals surface area (Å²) in [5, 5.41) is 3.72. The van der Waals surface area contributed by atoms with Crippen molar-refractivity contribution in [1.82, 2.24) is 9.55 Å².